The van der Waals surface area contributed by atoms with Gasteiger partial charge in [-0.1, -0.05) is 48.5 Å². The molecule has 4 rings (SSSR count). The van der Waals surface area contributed by atoms with Gasteiger partial charge in [0.2, 0.25) is 0 Å². The number of benzene rings is 3. The van der Waals surface area contributed by atoms with Gasteiger partial charge in [-0.05, 0) is 38.7 Å². The van der Waals surface area contributed by atoms with Gasteiger partial charge in [-0.2, -0.15) is 17.7 Å². The van der Waals surface area contributed by atoms with Crippen molar-refractivity contribution in [1.82, 2.24) is 0 Å². The molecule has 0 saturated heterocycles. The molecule has 0 radical (unpaired) electrons. The zero-order chi connectivity index (χ0) is 22.1. The molecule has 9 heteroatoms. The first-order chi connectivity index (χ1) is 14.0. The van der Waals surface area contributed by atoms with Crippen LogP contribution < -0.4 is 4.57 Å². The Morgan fingerprint density at radius 2 is 1.33 bits per heavy atom. The zero-order valence-corrected chi connectivity index (χ0v) is 16.3. The Labute approximate surface area is 169 Å². The van der Waals surface area contributed by atoms with Crippen LogP contribution in [0.3, 0.4) is 0 Å². The van der Waals surface area contributed by atoms with Gasteiger partial charge in [0, 0.05) is 6.07 Å². The van der Waals surface area contributed by atoms with Gasteiger partial charge in [-0.3, -0.25) is 0 Å². The molecule has 1 aromatic heterocycles. The van der Waals surface area contributed by atoms with E-state index in [1.807, 2.05) is 30.3 Å². The molecule has 0 bridgehead atoms. The predicted octanol–water partition coefficient (Wildman–Crippen LogP) is 4.68. The van der Waals surface area contributed by atoms with Crippen LogP contribution in [0.25, 0.3) is 32.7 Å². The quantitative estimate of drug-likeness (QED) is 0.109. The van der Waals surface area contributed by atoms with Crippen LogP contribution in [0, 0.1) is 5.95 Å². The van der Waals surface area contributed by atoms with Crippen LogP contribution in [0.15, 0.2) is 72.9 Å². The molecule has 0 amide bonds. The number of pyridine rings is 1. The summed E-state index contributed by atoms with van der Waals surface area (Å²) in [7, 11) is -4.38. The molecule has 0 unspecified atom stereocenters. The minimum atomic E-state index is -6.09. The van der Waals surface area contributed by atoms with Gasteiger partial charge in [-0.15, -0.1) is 4.39 Å². The van der Waals surface area contributed by atoms with E-state index in [0.29, 0.717) is 0 Å². The van der Waals surface area contributed by atoms with E-state index < -0.39 is 15.6 Å². The van der Waals surface area contributed by atoms with E-state index in [2.05, 4.69) is 30.3 Å². The van der Waals surface area contributed by atoms with Gasteiger partial charge < -0.3 is 4.55 Å². The third-order valence-corrected chi connectivity index (χ3v) is 5.00. The van der Waals surface area contributed by atoms with Crippen molar-refractivity contribution in [2.45, 2.75) is 5.51 Å². The number of hydrogen-bond donors (Lipinski definition) is 0. The number of alkyl halides is 3. The highest BCUT2D eigenvalue weighted by Gasteiger charge is 2.36. The molecule has 0 saturated carbocycles. The molecule has 3 aromatic carbocycles. The molecule has 0 N–H and O–H groups in total. The first kappa shape index (κ1) is 21.7. The lowest BCUT2D eigenvalue weighted by Crippen LogP contribution is -2.31. The second kappa shape index (κ2) is 8.00. The normalized spacial score (nSPS) is 11.9. The summed E-state index contributed by atoms with van der Waals surface area (Å²) >= 11 is 0. The van der Waals surface area contributed by atoms with E-state index in [0.717, 1.165) is 21.9 Å². The van der Waals surface area contributed by atoms with Crippen molar-refractivity contribution < 1.29 is 35.1 Å². The number of fused-ring (bicyclic) bond motifs is 2. The molecule has 4 aromatic rings. The fourth-order valence-corrected chi connectivity index (χ4v) is 3.02. The number of halogens is 4. The first-order valence-corrected chi connectivity index (χ1v) is 9.98. The lowest BCUT2D eigenvalue weighted by atomic mass is 9.92. The lowest BCUT2D eigenvalue weighted by molar-refractivity contribution is -0.700. The van der Waals surface area contributed by atoms with Gasteiger partial charge in [-0.25, -0.2) is 8.42 Å². The summed E-state index contributed by atoms with van der Waals surface area (Å²) < 4.78 is 74.4. The average molecular weight is 437 g/mol. The summed E-state index contributed by atoms with van der Waals surface area (Å²) in [6.45, 7) is 0. The fraction of sp³-hybridized carbons (Fsp3) is 0.0952. The Bertz CT molecular complexity index is 1280. The van der Waals surface area contributed by atoms with Crippen molar-refractivity contribution >= 4 is 31.7 Å². The standard InChI is InChI=1S/C20H15FN.CHF3O3S/c1-22-11-10-16(13-19(22)21)20-17-8-4-2-6-14(17)12-15-7-3-5-9-18(15)20;2-1(3,4)8(5,6)7/h2-13H,1H3;(H,5,6,7)/q+1;/p-1. The van der Waals surface area contributed by atoms with Gasteiger partial charge in [0.1, 0.15) is 7.05 Å². The van der Waals surface area contributed by atoms with Crippen molar-refractivity contribution in [3.8, 4) is 11.1 Å². The number of aryl methyl sites for hydroxylation is 1. The second-order valence-corrected chi connectivity index (χ2v) is 7.81. The van der Waals surface area contributed by atoms with Gasteiger partial charge in [0.05, 0.1) is 6.07 Å². The molecule has 0 fully saturated rings. The summed E-state index contributed by atoms with van der Waals surface area (Å²) in [5.74, 6) is -0.241. The Balaban J connectivity index is 0.000000275. The highest BCUT2D eigenvalue weighted by Crippen LogP contribution is 2.36. The summed E-state index contributed by atoms with van der Waals surface area (Å²) in [5, 5.41) is 4.64. The maximum absolute atomic E-state index is 14.0. The molecule has 0 spiro atoms. The summed E-state index contributed by atoms with van der Waals surface area (Å²) in [5.41, 5.74) is -3.65. The smallest absolute Gasteiger partial charge is 0.485 e. The van der Waals surface area contributed by atoms with Crippen molar-refractivity contribution in [1.29, 1.82) is 0 Å². The number of nitrogens with zero attached hydrogens (tertiary/aromatic N) is 1. The average Bonchev–Trinajstić information content (AvgIpc) is 2.67. The monoisotopic (exact) mass is 437 g/mol. The molecular formula is C21H15F4NO3S. The van der Waals surface area contributed by atoms with Crippen LogP contribution in [0.5, 0.6) is 0 Å². The molecule has 0 aliphatic rings. The Morgan fingerprint density at radius 1 is 0.867 bits per heavy atom. The number of hydrogen-bond acceptors (Lipinski definition) is 3. The maximum Gasteiger partial charge on any atom is 0.485 e. The van der Waals surface area contributed by atoms with Crippen molar-refractivity contribution in [3.05, 3.63) is 78.9 Å². The molecular weight excluding hydrogens is 422 g/mol. The Morgan fingerprint density at radius 3 is 1.77 bits per heavy atom. The van der Waals surface area contributed by atoms with Crippen molar-refractivity contribution in [3.63, 3.8) is 0 Å². The minimum absolute atomic E-state index is 0.241. The topological polar surface area (TPSA) is 61.1 Å². The number of rotatable bonds is 1. The maximum atomic E-state index is 14.0. The summed E-state index contributed by atoms with van der Waals surface area (Å²) in [4.78, 5) is 0. The van der Waals surface area contributed by atoms with E-state index in [9.17, 15) is 17.6 Å². The molecule has 30 heavy (non-hydrogen) atoms. The molecule has 4 nitrogen and oxygen atoms in total. The van der Waals surface area contributed by atoms with E-state index in [1.54, 1.807) is 19.3 Å². The number of aromatic nitrogens is 1. The molecule has 0 aliphatic carbocycles. The van der Waals surface area contributed by atoms with Crippen LogP contribution in [-0.4, -0.2) is 18.5 Å². The van der Waals surface area contributed by atoms with Crippen LogP contribution in [0.1, 0.15) is 0 Å². The van der Waals surface area contributed by atoms with Crippen molar-refractivity contribution in [2.75, 3.05) is 0 Å². The first-order valence-electron chi connectivity index (χ1n) is 8.57. The molecule has 0 aliphatic heterocycles. The highest BCUT2D eigenvalue weighted by atomic mass is 32.2. The van der Waals surface area contributed by atoms with Gasteiger partial charge in [0.15, 0.2) is 16.3 Å². The third kappa shape index (κ3) is 4.42. The lowest BCUT2D eigenvalue weighted by Gasteiger charge is -2.11. The summed E-state index contributed by atoms with van der Waals surface area (Å²) in [6, 6.07) is 22.3. The SMILES string of the molecule is C[n+]1ccc(-c2c3ccccc3cc3ccccc23)cc1F.O=S(=O)([O-])C(F)(F)F. The largest absolute Gasteiger partial charge is 0.741 e. The predicted molar refractivity (Wildman–Crippen MR) is 104 cm³/mol. The van der Waals surface area contributed by atoms with Crippen LogP contribution in [0.4, 0.5) is 17.6 Å². The van der Waals surface area contributed by atoms with E-state index >= 15 is 0 Å². The zero-order valence-electron chi connectivity index (χ0n) is 15.5. The Kier molecular flexibility index (Phi) is 5.78. The Hall–Kier alpha value is -3.04. The van der Waals surface area contributed by atoms with Crippen LogP contribution in [0.2, 0.25) is 0 Å². The van der Waals surface area contributed by atoms with Crippen LogP contribution >= 0.6 is 0 Å². The van der Waals surface area contributed by atoms with E-state index in [1.165, 1.54) is 15.3 Å². The molecule has 156 valence electrons. The van der Waals surface area contributed by atoms with Crippen molar-refractivity contribution in [2.24, 2.45) is 7.05 Å². The van der Waals surface area contributed by atoms with E-state index in [4.69, 9.17) is 13.0 Å². The fourth-order valence-electron chi connectivity index (χ4n) is 3.02. The van der Waals surface area contributed by atoms with Gasteiger partial charge in [0.25, 0.3) is 0 Å². The van der Waals surface area contributed by atoms with Gasteiger partial charge >= 0.3 is 11.5 Å². The summed E-state index contributed by atoms with van der Waals surface area (Å²) in [6.07, 6.45) is 1.77. The minimum Gasteiger partial charge on any atom is -0.741 e. The van der Waals surface area contributed by atoms with E-state index in [-0.39, 0.29) is 5.95 Å². The highest BCUT2D eigenvalue weighted by molar-refractivity contribution is 7.86. The molecule has 1 heterocycles. The second-order valence-electron chi connectivity index (χ2n) is 6.44. The third-order valence-electron chi connectivity index (χ3n) is 4.43. The van der Waals surface area contributed by atoms with Crippen LogP contribution in [-0.2, 0) is 17.2 Å². The molecule has 0 atom stereocenters.